The molecule has 3 heterocycles. The van der Waals surface area contributed by atoms with Crippen LogP contribution >= 0.6 is 22.7 Å². The topological polar surface area (TPSA) is 80.5 Å². The largest absolute Gasteiger partial charge is 0.289 e. The lowest BCUT2D eigenvalue weighted by molar-refractivity contribution is 0.0986. The lowest BCUT2D eigenvalue weighted by Crippen LogP contribution is -2.28. The second-order valence-corrected chi connectivity index (χ2v) is 8.63. The first-order valence-electron chi connectivity index (χ1n) is 7.17. The summed E-state index contributed by atoms with van der Waals surface area (Å²) in [5.41, 5.74) is 1.53. The number of benzene rings is 1. The molecule has 0 saturated carbocycles. The molecular formula is C16H11N3O3S3. The van der Waals surface area contributed by atoms with Crippen molar-refractivity contribution < 1.29 is 13.2 Å². The summed E-state index contributed by atoms with van der Waals surface area (Å²) in [6.07, 6.45) is 3.30. The molecule has 0 atom stereocenters. The maximum Gasteiger partial charge on any atom is 0.275 e. The van der Waals surface area contributed by atoms with Crippen molar-refractivity contribution in [2.75, 3.05) is 0 Å². The zero-order chi connectivity index (χ0) is 17.4. The van der Waals surface area contributed by atoms with Crippen LogP contribution in [-0.2, 0) is 10.0 Å². The predicted octanol–water partition coefficient (Wildman–Crippen LogP) is 3.34. The smallest absolute Gasteiger partial charge is 0.275 e. The number of thiazole rings is 1. The van der Waals surface area contributed by atoms with Crippen LogP contribution in [0.3, 0.4) is 0 Å². The van der Waals surface area contributed by atoms with Gasteiger partial charge in [-0.1, -0.05) is 30.3 Å². The van der Waals surface area contributed by atoms with Gasteiger partial charge in [0.25, 0.3) is 15.9 Å². The Morgan fingerprint density at radius 1 is 1.24 bits per heavy atom. The molecule has 0 aliphatic heterocycles. The number of nitrogens with one attached hydrogen (secondary N) is 1. The Labute approximate surface area is 151 Å². The van der Waals surface area contributed by atoms with Crippen molar-refractivity contribution >= 4 is 60.0 Å². The highest BCUT2D eigenvalue weighted by Gasteiger charge is 2.18. The van der Waals surface area contributed by atoms with Gasteiger partial charge < -0.3 is 0 Å². The standard InChI is InChI=1S/C16H11N3O3S3/c20-14(18-25(21,22)9-6-11-4-2-1-3-5-11)13-10-12-15(24-13)17-16-19(12)7-8-23-16/h1-10H,(H,18,20)/b9-6+. The van der Waals surface area contributed by atoms with Gasteiger partial charge >= 0.3 is 0 Å². The Balaban J connectivity index is 1.56. The van der Waals surface area contributed by atoms with Gasteiger partial charge in [-0.3, -0.25) is 9.20 Å². The first kappa shape index (κ1) is 16.0. The summed E-state index contributed by atoms with van der Waals surface area (Å²) in [5.74, 6) is -0.662. The molecule has 1 amide bonds. The van der Waals surface area contributed by atoms with Crippen molar-refractivity contribution in [3.05, 3.63) is 63.8 Å². The fraction of sp³-hybridized carbons (Fsp3) is 0. The van der Waals surface area contributed by atoms with Gasteiger partial charge in [0.05, 0.1) is 15.8 Å². The van der Waals surface area contributed by atoms with Crippen LogP contribution < -0.4 is 4.72 Å². The van der Waals surface area contributed by atoms with Gasteiger partial charge in [-0.15, -0.1) is 22.7 Å². The summed E-state index contributed by atoms with van der Waals surface area (Å²) >= 11 is 2.66. The highest BCUT2D eigenvalue weighted by Crippen LogP contribution is 2.28. The lowest BCUT2D eigenvalue weighted by atomic mass is 10.2. The summed E-state index contributed by atoms with van der Waals surface area (Å²) < 4.78 is 28.1. The van der Waals surface area contributed by atoms with Gasteiger partial charge in [0, 0.05) is 11.6 Å². The maximum absolute atomic E-state index is 12.3. The van der Waals surface area contributed by atoms with E-state index in [1.54, 1.807) is 30.3 Å². The van der Waals surface area contributed by atoms with Crippen LogP contribution in [0.4, 0.5) is 0 Å². The van der Waals surface area contributed by atoms with Gasteiger partial charge in [0.1, 0.15) is 4.83 Å². The third-order valence-electron chi connectivity index (χ3n) is 3.44. The third-order valence-corrected chi connectivity index (χ3v) is 6.18. The van der Waals surface area contributed by atoms with Gasteiger partial charge in [-0.2, -0.15) is 0 Å². The van der Waals surface area contributed by atoms with Crippen molar-refractivity contribution in [1.82, 2.24) is 14.1 Å². The van der Waals surface area contributed by atoms with Gasteiger partial charge in [0.2, 0.25) is 0 Å². The van der Waals surface area contributed by atoms with Crippen LogP contribution in [0.15, 0.2) is 53.4 Å². The molecule has 0 aliphatic carbocycles. The molecule has 4 aromatic rings. The zero-order valence-electron chi connectivity index (χ0n) is 12.6. The van der Waals surface area contributed by atoms with E-state index in [0.29, 0.717) is 9.71 Å². The molecule has 0 radical (unpaired) electrons. The number of carbonyl (C=O) groups is 1. The monoisotopic (exact) mass is 389 g/mol. The number of carbonyl (C=O) groups excluding carboxylic acids is 1. The molecule has 0 bridgehead atoms. The van der Waals surface area contributed by atoms with Crippen LogP contribution in [0.5, 0.6) is 0 Å². The summed E-state index contributed by atoms with van der Waals surface area (Å²) in [4.78, 5) is 18.5. The fourth-order valence-electron chi connectivity index (χ4n) is 2.31. The first-order chi connectivity index (χ1) is 12.0. The average molecular weight is 389 g/mol. The van der Waals surface area contributed by atoms with Gasteiger partial charge in [-0.05, 0) is 17.7 Å². The number of hydrogen-bond acceptors (Lipinski definition) is 6. The van der Waals surface area contributed by atoms with E-state index < -0.39 is 15.9 Å². The maximum atomic E-state index is 12.3. The van der Waals surface area contributed by atoms with E-state index >= 15 is 0 Å². The highest BCUT2D eigenvalue weighted by atomic mass is 32.2. The number of rotatable bonds is 4. The molecule has 0 saturated heterocycles. The molecule has 25 heavy (non-hydrogen) atoms. The lowest BCUT2D eigenvalue weighted by Gasteiger charge is -2.00. The first-order valence-corrected chi connectivity index (χ1v) is 10.4. The third kappa shape index (κ3) is 3.21. The summed E-state index contributed by atoms with van der Waals surface area (Å²) in [5, 5.41) is 2.88. The van der Waals surface area contributed by atoms with Crippen LogP contribution in [0, 0.1) is 0 Å². The molecule has 3 aromatic heterocycles. The van der Waals surface area contributed by atoms with Crippen LogP contribution in [0.1, 0.15) is 15.2 Å². The number of nitrogens with zero attached hydrogens (tertiary/aromatic N) is 2. The van der Waals surface area contributed by atoms with Crippen molar-refractivity contribution in [2.45, 2.75) is 0 Å². The Bertz CT molecular complexity index is 1200. The number of amides is 1. The minimum Gasteiger partial charge on any atom is -0.289 e. The minimum atomic E-state index is -3.88. The quantitative estimate of drug-likeness (QED) is 0.580. The Morgan fingerprint density at radius 2 is 2.04 bits per heavy atom. The van der Waals surface area contributed by atoms with E-state index in [1.807, 2.05) is 22.0 Å². The van der Waals surface area contributed by atoms with Gasteiger partial charge in [0.15, 0.2) is 4.96 Å². The normalized spacial score (nSPS) is 12.3. The number of sulfonamides is 1. The number of hydrogen-bond donors (Lipinski definition) is 1. The second kappa shape index (κ2) is 6.10. The van der Waals surface area contributed by atoms with E-state index in [0.717, 1.165) is 21.4 Å². The van der Waals surface area contributed by atoms with Crippen molar-refractivity contribution in [2.24, 2.45) is 0 Å². The molecule has 0 spiro atoms. The molecule has 0 unspecified atom stereocenters. The fourth-order valence-corrected chi connectivity index (χ4v) is 4.84. The van der Waals surface area contributed by atoms with Gasteiger partial charge in [-0.25, -0.2) is 18.1 Å². The summed E-state index contributed by atoms with van der Waals surface area (Å²) in [6.45, 7) is 0. The zero-order valence-corrected chi connectivity index (χ0v) is 15.1. The molecule has 1 aromatic carbocycles. The molecule has 6 nitrogen and oxygen atoms in total. The number of aromatic nitrogens is 2. The van der Waals surface area contributed by atoms with Crippen molar-refractivity contribution in [3.8, 4) is 0 Å². The second-order valence-electron chi connectivity index (χ2n) is 5.16. The molecule has 1 N–H and O–H groups in total. The number of imidazole rings is 1. The molecular weight excluding hydrogens is 378 g/mol. The number of thiophene rings is 1. The molecule has 0 fully saturated rings. The van der Waals surface area contributed by atoms with Crippen LogP contribution in [-0.4, -0.2) is 23.7 Å². The molecule has 9 heteroatoms. The van der Waals surface area contributed by atoms with E-state index in [4.69, 9.17) is 0 Å². The Morgan fingerprint density at radius 3 is 2.84 bits per heavy atom. The van der Waals surface area contributed by atoms with Crippen molar-refractivity contribution in [1.29, 1.82) is 0 Å². The minimum absolute atomic E-state index is 0.301. The summed E-state index contributed by atoms with van der Waals surface area (Å²) in [6, 6.07) is 10.6. The van der Waals surface area contributed by atoms with Crippen LogP contribution in [0.25, 0.3) is 21.4 Å². The average Bonchev–Trinajstić information content (AvgIpc) is 3.25. The highest BCUT2D eigenvalue weighted by molar-refractivity contribution is 7.93. The Kier molecular flexibility index (Phi) is 3.91. The molecule has 126 valence electrons. The van der Waals surface area contributed by atoms with E-state index in [2.05, 4.69) is 9.71 Å². The predicted molar refractivity (Wildman–Crippen MR) is 100 cm³/mol. The van der Waals surface area contributed by atoms with E-state index in [9.17, 15) is 13.2 Å². The molecule has 4 rings (SSSR count). The van der Waals surface area contributed by atoms with E-state index in [1.165, 1.54) is 28.7 Å². The molecule has 0 aliphatic rings. The number of fused-ring (bicyclic) bond motifs is 3. The van der Waals surface area contributed by atoms with Crippen LogP contribution in [0.2, 0.25) is 0 Å². The van der Waals surface area contributed by atoms with Crippen molar-refractivity contribution in [3.63, 3.8) is 0 Å². The summed E-state index contributed by atoms with van der Waals surface area (Å²) in [7, 11) is -3.88. The SMILES string of the molecule is O=C(NS(=O)(=O)/C=C/c1ccccc1)c1cc2c(nc3sccn32)s1. The van der Waals surface area contributed by atoms with E-state index in [-0.39, 0.29) is 0 Å². The Hall–Kier alpha value is -2.49.